The number of nitrogens with two attached hydrogens (primary N) is 1. The molecule has 1 unspecified atom stereocenters. The van der Waals surface area contributed by atoms with Crippen molar-refractivity contribution in [3.63, 3.8) is 0 Å². The molecule has 0 radical (unpaired) electrons. The Morgan fingerprint density at radius 2 is 1.60 bits per heavy atom. The van der Waals surface area contributed by atoms with Crippen LogP contribution in [-0.2, 0) is 12.8 Å². The molecule has 0 bridgehead atoms. The third kappa shape index (κ3) is 4.38. The molecule has 2 rings (SSSR count). The summed E-state index contributed by atoms with van der Waals surface area (Å²) in [6.45, 7) is 0. The van der Waals surface area contributed by atoms with Crippen molar-refractivity contribution >= 4 is 31.9 Å². The summed E-state index contributed by atoms with van der Waals surface area (Å²) in [6.07, 6.45) is 1.56. The standard InChI is InChI=1S/C15H15Br2FN2/c16-12-4-1-10(2-5-12)7-13(20-19)8-11-3-6-15(18)14(17)9-11/h1-6,9,13,20H,7-8,19H2. The van der Waals surface area contributed by atoms with E-state index in [1.807, 2.05) is 12.1 Å². The molecule has 0 aromatic heterocycles. The lowest BCUT2D eigenvalue weighted by molar-refractivity contribution is 0.521. The van der Waals surface area contributed by atoms with Gasteiger partial charge in [-0.3, -0.25) is 11.3 Å². The van der Waals surface area contributed by atoms with Gasteiger partial charge < -0.3 is 0 Å². The zero-order chi connectivity index (χ0) is 14.5. The average molecular weight is 402 g/mol. The molecule has 1 atom stereocenters. The van der Waals surface area contributed by atoms with Crippen LogP contribution in [0.2, 0.25) is 0 Å². The lowest BCUT2D eigenvalue weighted by Crippen LogP contribution is -2.38. The predicted octanol–water partition coefficient (Wildman–Crippen LogP) is 3.97. The summed E-state index contributed by atoms with van der Waals surface area (Å²) >= 11 is 6.62. The molecule has 0 spiro atoms. The summed E-state index contributed by atoms with van der Waals surface area (Å²) in [4.78, 5) is 0. The summed E-state index contributed by atoms with van der Waals surface area (Å²) in [6, 6.07) is 13.3. The molecule has 0 saturated heterocycles. The quantitative estimate of drug-likeness (QED) is 0.587. The maximum Gasteiger partial charge on any atom is 0.137 e. The lowest BCUT2D eigenvalue weighted by atomic mass is 9.99. The van der Waals surface area contributed by atoms with Gasteiger partial charge in [0.15, 0.2) is 0 Å². The zero-order valence-corrected chi connectivity index (χ0v) is 13.9. The minimum atomic E-state index is -0.251. The molecule has 0 heterocycles. The third-order valence-electron chi connectivity index (χ3n) is 3.10. The predicted molar refractivity (Wildman–Crippen MR) is 86.8 cm³/mol. The van der Waals surface area contributed by atoms with E-state index >= 15 is 0 Å². The van der Waals surface area contributed by atoms with E-state index < -0.39 is 0 Å². The van der Waals surface area contributed by atoms with Crippen LogP contribution in [0, 0.1) is 5.82 Å². The summed E-state index contributed by atoms with van der Waals surface area (Å²) in [5.41, 5.74) is 5.07. The minimum absolute atomic E-state index is 0.105. The van der Waals surface area contributed by atoms with Crippen molar-refractivity contribution in [2.45, 2.75) is 18.9 Å². The topological polar surface area (TPSA) is 38.0 Å². The Morgan fingerprint density at radius 3 is 2.20 bits per heavy atom. The Kier molecular flexibility index (Phi) is 5.72. The van der Waals surface area contributed by atoms with Gasteiger partial charge in [0.1, 0.15) is 5.82 Å². The molecule has 2 aromatic carbocycles. The fraction of sp³-hybridized carbons (Fsp3) is 0.200. The van der Waals surface area contributed by atoms with E-state index in [1.165, 1.54) is 11.6 Å². The van der Waals surface area contributed by atoms with Crippen LogP contribution >= 0.6 is 31.9 Å². The molecule has 0 aliphatic carbocycles. The van der Waals surface area contributed by atoms with Gasteiger partial charge in [-0.15, -0.1) is 0 Å². The molecule has 0 amide bonds. The van der Waals surface area contributed by atoms with Gasteiger partial charge in [0, 0.05) is 10.5 Å². The Morgan fingerprint density at radius 1 is 1.00 bits per heavy atom. The zero-order valence-electron chi connectivity index (χ0n) is 10.7. The highest BCUT2D eigenvalue weighted by Crippen LogP contribution is 2.19. The molecule has 5 heteroatoms. The summed E-state index contributed by atoms with van der Waals surface area (Å²) < 4.78 is 14.7. The minimum Gasteiger partial charge on any atom is -0.271 e. The third-order valence-corrected chi connectivity index (χ3v) is 4.23. The maximum absolute atomic E-state index is 13.2. The maximum atomic E-state index is 13.2. The van der Waals surface area contributed by atoms with E-state index in [9.17, 15) is 4.39 Å². The van der Waals surface area contributed by atoms with Crippen LogP contribution in [-0.4, -0.2) is 6.04 Å². The first-order valence-corrected chi connectivity index (χ1v) is 7.81. The molecule has 106 valence electrons. The molecule has 2 aromatic rings. The van der Waals surface area contributed by atoms with Crippen LogP contribution in [0.25, 0.3) is 0 Å². The van der Waals surface area contributed by atoms with Crippen molar-refractivity contribution in [2.75, 3.05) is 0 Å². The lowest BCUT2D eigenvalue weighted by Gasteiger charge is -2.16. The fourth-order valence-electron chi connectivity index (χ4n) is 2.05. The Bertz CT molecular complexity index is 573. The Labute approximate surface area is 134 Å². The first-order valence-electron chi connectivity index (χ1n) is 6.23. The number of hydrazine groups is 1. The van der Waals surface area contributed by atoms with Crippen molar-refractivity contribution in [2.24, 2.45) is 5.84 Å². The van der Waals surface area contributed by atoms with Gasteiger partial charge in [-0.05, 0) is 64.2 Å². The molecular weight excluding hydrogens is 387 g/mol. The van der Waals surface area contributed by atoms with E-state index in [0.717, 1.165) is 22.9 Å². The molecule has 3 N–H and O–H groups in total. The first kappa shape index (κ1) is 15.6. The van der Waals surface area contributed by atoms with E-state index in [1.54, 1.807) is 12.1 Å². The van der Waals surface area contributed by atoms with Gasteiger partial charge in [0.05, 0.1) is 4.47 Å². The number of hydrogen-bond acceptors (Lipinski definition) is 2. The van der Waals surface area contributed by atoms with Crippen molar-refractivity contribution in [3.05, 3.63) is 68.4 Å². The Hall–Kier alpha value is -0.750. The van der Waals surface area contributed by atoms with Gasteiger partial charge in [-0.2, -0.15) is 0 Å². The average Bonchev–Trinajstić information content (AvgIpc) is 2.44. The van der Waals surface area contributed by atoms with Crippen LogP contribution in [0.4, 0.5) is 4.39 Å². The number of hydrogen-bond donors (Lipinski definition) is 2. The molecule has 20 heavy (non-hydrogen) atoms. The molecule has 0 fully saturated rings. The molecular formula is C15H15Br2FN2. The monoisotopic (exact) mass is 400 g/mol. The number of rotatable bonds is 5. The van der Waals surface area contributed by atoms with Crippen molar-refractivity contribution in [3.8, 4) is 0 Å². The first-order chi connectivity index (χ1) is 9.58. The van der Waals surface area contributed by atoms with Gasteiger partial charge in [0.25, 0.3) is 0 Å². The summed E-state index contributed by atoms with van der Waals surface area (Å²) in [5, 5.41) is 0. The van der Waals surface area contributed by atoms with Gasteiger partial charge >= 0.3 is 0 Å². The molecule has 0 saturated carbocycles. The van der Waals surface area contributed by atoms with Crippen LogP contribution in [0.15, 0.2) is 51.4 Å². The second-order valence-electron chi connectivity index (χ2n) is 4.65. The van der Waals surface area contributed by atoms with Crippen LogP contribution in [0.1, 0.15) is 11.1 Å². The van der Waals surface area contributed by atoms with Crippen molar-refractivity contribution < 1.29 is 4.39 Å². The van der Waals surface area contributed by atoms with Gasteiger partial charge in [-0.1, -0.05) is 34.1 Å². The number of nitrogens with one attached hydrogen (secondary N) is 1. The fourth-order valence-corrected chi connectivity index (χ4v) is 2.74. The normalized spacial score (nSPS) is 12.4. The van der Waals surface area contributed by atoms with E-state index in [0.29, 0.717) is 4.47 Å². The second kappa shape index (κ2) is 7.31. The highest BCUT2D eigenvalue weighted by molar-refractivity contribution is 9.10. The highest BCUT2D eigenvalue weighted by Gasteiger charge is 2.10. The molecule has 0 aliphatic rings. The second-order valence-corrected chi connectivity index (χ2v) is 6.42. The Balaban J connectivity index is 2.04. The summed E-state index contributed by atoms with van der Waals surface area (Å²) in [7, 11) is 0. The SMILES string of the molecule is NNC(Cc1ccc(Br)cc1)Cc1ccc(F)c(Br)c1. The number of benzene rings is 2. The van der Waals surface area contributed by atoms with Gasteiger partial charge in [0.2, 0.25) is 0 Å². The molecule has 0 aliphatic heterocycles. The summed E-state index contributed by atoms with van der Waals surface area (Å²) in [5.74, 6) is 5.37. The molecule has 2 nitrogen and oxygen atoms in total. The van der Waals surface area contributed by atoms with Gasteiger partial charge in [-0.25, -0.2) is 4.39 Å². The van der Waals surface area contributed by atoms with Crippen LogP contribution < -0.4 is 11.3 Å². The van der Waals surface area contributed by atoms with Crippen LogP contribution in [0.5, 0.6) is 0 Å². The van der Waals surface area contributed by atoms with Crippen LogP contribution in [0.3, 0.4) is 0 Å². The largest absolute Gasteiger partial charge is 0.271 e. The van der Waals surface area contributed by atoms with E-state index in [-0.39, 0.29) is 11.9 Å². The van der Waals surface area contributed by atoms with E-state index in [4.69, 9.17) is 5.84 Å². The van der Waals surface area contributed by atoms with E-state index in [2.05, 4.69) is 49.4 Å². The van der Waals surface area contributed by atoms with Crippen molar-refractivity contribution in [1.82, 2.24) is 5.43 Å². The smallest absolute Gasteiger partial charge is 0.137 e. The highest BCUT2D eigenvalue weighted by atomic mass is 79.9. The van der Waals surface area contributed by atoms with Crippen molar-refractivity contribution in [1.29, 1.82) is 0 Å². The number of halogens is 3.